The van der Waals surface area contributed by atoms with Crippen LogP contribution in [0.15, 0.2) is 36.5 Å². The summed E-state index contributed by atoms with van der Waals surface area (Å²) in [5.74, 6) is 0.870. The van der Waals surface area contributed by atoms with E-state index in [1.54, 1.807) is 0 Å². The fraction of sp³-hybridized carbons (Fsp3) is 0.353. The van der Waals surface area contributed by atoms with Gasteiger partial charge in [0, 0.05) is 18.3 Å². The third-order valence-electron chi connectivity index (χ3n) is 3.88. The van der Waals surface area contributed by atoms with Crippen molar-refractivity contribution in [3.8, 4) is 16.9 Å². The largest absolute Gasteiger partial charge is 0.485 e. The van der Waals surface area contributed by atoms with Crippen molar-refractivity contribution in [1.29, 1.82) is 0 Å². The Bertz CT molecular complexity index is 649. The number of aliphatic hydroxyl groups excluding tert-OH is 1. The number of hydrogen-bond acceptors (Lipinski definition) is 3. The first-order valence-electron chi connectivity index (χ1n) is 6.89. The normalized spacial score (nSPS) is 20.1. The van der Waals surface area contributed by atoms with E-state index in [0.717, 1.165) is 28.1 Å². The molecule has 0 aliphatic carbocycles. The maximum atomic E-state index is 10.2. The number of aryl methyl sites for hydroxylation is 1. The van der Waals surface area contributed by atoms with Crippen molar-refractivity contribution in [2.24, 2.45) is 0 Å². The Morgan fingerprint density at radius 3 is 2.70 bits per heavy atom. The van der Waals surface area contributed by atoms with Gasteiger partial charge < -0.3 is 9.84 Å². The van der Waals surface area contributed by atoms with Crippen molar-refractivity contribution < 1.29 is 9.84 Å². The molecule has 2 heterocycles. The van der Waals surface area contributed by atoms with Crippen LogP contribution < -0.4 is 4.74 Å². The highest BCUT2D eigenvalue weighted by molar-refractivity contribution is 5.66. The molecular weight excluding hydrogens is 250 g/mol. The van der Waals surface area contributed by atoms with Gasteiger partial charge in [-0.2, -0.15) is 0 Å². The summed E-state index contributed by atoms with van der Waals surface area (Å²) in [7, 11) is 0. The predicted octanol–water partition coefficient (Wildman–Crippen LogP) is 3.13. The molecule has 20 heavy (non-hydrogen) atoms. The molecule has 2 aromatic rings. The number of nitrogens with zero attached hydrogens (tertiary/aromatic N) is 1. The zero-order valence-electron chi connectivity index (χ0n) is 12.1. The molecule has 3 heteroatoms. The molecule has 104 valence electrons. The Morgan fingerprint density at radius 2 is 1.95 bits per heavy atom. The van der Waals surface area contributed by atoms with Crippen LogP contribution >= 0.6 is 0 Å². The van der Waals surface area contributed by atoms with E-state index in [4.69, 9.17) is 4.74 Å². The van der Waals surface area contributed by atoms with Crippen molar-refractivity contribution in [3.05, 3.63) is 47.8 Å². The first-order chi connectivity index (χ1) is 9.45. The van der Waals surface area contributed by atoms with E-state index in [1.165, 1.54) is 0 Å². The van der Waals surface area contributed by atoms with Crippen LogP contribution in [-0.2, 0) is 6.42 Å². The summed E-state index contributed by atoms with van der Waals surface area (Å²) in [6, 6.07) is 10.2. The van der Waals surface area contributed by atoms with Gasteiger partial charge in [-0.25, -0.2) is 0 Å². The molecule has 3 nitrogen and oxygen atoms in total. The van der Waals surface area contributed by atoms with Crippen molar-refractivity contribution in [2.75, 3.05) is 0 Å². The SMILES string of the molecule is Cc1cc(-c2ccc3c(c2)CC(O)C(C)(C)O3)ccn1. The second-order valence-electron chi connectivity index (χ2n) is 5.93. The lowest BCUT2D eigenvalue weighted by molar-refractivity contribution is -0.0411. The molecule has 1 atom stereocenters. The lowest BCUT2D eigenvalue weighted by atomic mass is 9.89. The monoisotopic (exact) mass is 269 g/mol. The molecule has 1 aliphatic rings. The van der Waals surface area contributed by atoms with Crippen LogP contribution in [-0.4, -0.2) is 21.8 Å². The van der Waals surface area contributed by atoms with Gasteiger partial charge in [-0.3, -0.25) is 4.98 Å². The minimum atomic E-state index is -0.526. The first-order valence-corrected chi connectivity index (χ1v) is 6.89. The lowest BCUT2D eigenvalue weighted by Crippen LogP contribution is -2.46. The Hall–Kier alpha value is -1.87. The zero-order valence-corrected chi connectivity index (χ0v) is 12.1. The van der Waals surface area contributed by atoms with Gasteiger partial charge in [-0.05, 0) is 61.7 Å². The third kappa shape index (κ3) is 2.29. The van der Waals surface area contributed by atoms with E-state index in [1.807, 2.05) is 39.1 Å². The fourth-order valence-electron chi connectivity index (χ4n) is 2.55. The summed E-state index contributed by atoms with van der Waals surface area (Å²) >= 11 is 0. The van der Waals surface area contributed by atoms with Crippen LogP contribution in [0.1, 0.15) is 25.1 Å². The van der Waals surface area contributed by atoms with Crippen LogP contribution in [0.4, 0.5) is 0 Å². The average molecular weight is 269 g/mol. The average Bonchev–Trinajstić information content (AvgIpc) is 2.39. The summed E-state index contributed by atoms with van der Waals surface area (Å²) in [6.07, 6.45) is 1.96. The van der Waals surface area contributed by atoms with Crippen LogP contribution in [0, 0.1) is 6.92 Å². The highest BCUT2D eigenvalue weighted by Crippen LogP contribution is 2.35. The van der Waals surface area contributed by atoms with Gasteiger partial charge >= 0.3 is 0 Å². The molecule has 0 radical (unpaired) electrons. The second-order valence-corrected chi connectivity index (χ2v) is 5.93. The minimum Gasteiger partial charge on any atom is -0.485 e. The predicted molar refractivity (Wildman–Crippen MR) is 78.8 cm³/mol. The maximum absolute atomic E-state index is 10.2. The van der Waals surface area contributed by atoms with E-state index < -0.39 is 11.7 Å². The van der Waals surface area contributed by atoms with Gasteiger partial charge in [0.15, 0.2) is 0 Å². The minimum absolute atomic E-state index is 0.482. The molecular formula is C17H19NO2. The summed E-state index contributed by atoms with van der Waals surface area (Å²) < 4.78 is 5.88. The summed E-state index contributed by atoms with van der Waals surface area (Å²) in [4.78, 5) is 4.22. The molecule has 0 bridgehead atoms. The molecule has 0 saturated heterocycles. The summed E-state index contributed by atoms with van der Waals surface area (Å²) in [5, 5.41) is 10.2. The van der Waals surface area contributed by atoms with Gasteiger partial charge in [0.25, 0.3) is 0 Å². The van der Waals surface area contributed by atoms with E-state index in [2.05, 4.69) is 23.2 Å². The summed E-state index contributed by atoms with van der Waals surface area (Å²) in [6.45, 7) is 5.82. The smallest absolute Gasteiger partial charge is 0.129 e. The van der Waals surface area contributed by atoms with E-state index >= 15 is 0 Å². The van der Waals surface area contributed by atoms with Gasteiger partial charge in [0.1, 0.15) is 11.4 Å². The molecule has 1 N–H and O–H groups in total. The standard InChI is InChI=1S/C17H19NO2/c1-11-8-13(6-7-18-11)12-4-5-15-14(9-12)10-16(19)17(2,3)20-15/h4-9,16,19H,10H2,1-3H3. The molecule has 1 aromatic heterocycles. The van der Waals surface area contributed by atoms with Crippen LogP contribution in [0.3, 0.4) is 0 Å². The van der Waals surface area contributed by atoms with E-state index in [9.17, 15) is 5.11 Å². The second kappa shape index (κ2) is 4.60. The first kappa shape index (κ1) is 13.1. The topological polar surface area (TPSA) is 42.4 Å². The highest BCUT2D eigenvalue weighted by Gasteiger charge is 2.35. The van der Waals surface area contributed by atoms with E-state index in [-0.39, 0.29) is 0 Å². The number of aliphatic hydroxyl groups is 1. The molecule has 1 aliphatic heterocycles. The van der Waals surface area contributed by atoms with Crippen molar-refractivity contribution >= 4 is 0 Å². The van der Waals surface area contributed by atoms with Gasteiger partial charge in [0.2, 0.25) is 0 Å². The Kier molecular flexibility index (Phi) is 3.02. The van der Waals surface area contributed by atoms with E-state index in [0.29, 0.717) is 6.42 Å². The molecule has 1 aromatic carbocycles. The number of fused-ring (bicyclic) bond motifs is 1. The molecule has 0 fully saturated rings. The number of hydrogen-bond donors (Lipinski definition) is 1. The molecule has 0 amide bonds. The number of benzene rings is 1. The molecule has 0 saturated carbocycles. The zero-order chi connectivity index (χ0) is 14.3. The van der Waals surface area contributed by atoms with Crippen molar-refractivity contribution in [2.45, 2.75) is 38.9 Å². The number of ether oxygens (including phenoxy) is 1. The molecule has 0 spiro atoms. The number of pyridine rings is 1. The molecule has 3 rings (SSSR count). The van der Waals surface area contributed by atoms with Gasteiger partial charge in [-0.15, -0.1) is 0 Å². The van der Waals surface area contributed by atoms with Crippen molar-refractivity contribution in [1.82, 2.24) is 4.98 Å². The maximum Gasteiger partial charge on any atom is 0.129 e. The number of rotatable bonds is 1. The van der Waals surface area contributed by atoms with Crippen LogP contribution in [0.25, 0.3) is 11.1 Å². The van der Waals surface area contributed by atoms with Gasteiger partial charge in [0.05, 0.1) is 6.10 Å². The highest BCUT2D eigenvalue weighted by atomic mass is 16.5. The Balaban J connectivity index is 2.01. The summed E-state index contributed by atoms with van der Waals surface area (Å²) in [5.41, 5.74) is 3.80. The number of aromatic nitrogens is 1. The molecule has 1 unspecified atom stereocenters. The lowest BCUT2D eigenvalue weighted by Gasteiger charge is -2.37. The van der Waals surface area contributed by atoms with Crippen LogP contribution in [0.5, 0.6) is 5.75 Å². The third-order valence-corrected chi connectivity index (χ3v) is 3.88. The fourth-order valence-corrected chi connectivity index (χ4v) is 2.55. The van der Waals surface area contributed by atoms with Crippen LogP contribution in [0.2, 0.25) is 0 Å². The quantitative estimate of drug-likeness (QED) is 0.865. The van der Waals surface area contributed by atoms with Crippen molar-refractivity contribution in [3.63, 3.8) is 0 Å². The Labute approximate surface area is 119 Å². The Morgan fingerprint density at radius 1 is 1.20 bits per heavy atom. The van der Waals surface area contributed by atoms with Gasteiger partial charge in [-0.1, -0.05) is 6.07 Å².